The predicted octanol–water partition coefficient (Wildman–Crippen LogP) is 3.11. The molecule has 0 N–H and O–H groups in total. The van der Waals surface area contributed by atoms with Crippen LogP contribution >= 0.6 is 0 Å². The lowest BCUT2D eigenvalue weighted by Crippen LogP contribution is -2.14. The van der Waals surface area contributed by atoms with Crippen LogP contribution in [0.2, 0.25) is 0 Å². The summed E-state index contributed by atoms with van der Waals surface area (Å²) in [6, 6.07) is 8.46. The molecule has 0 saturated carbocycles. The van der Waals surface area contributed by atoms with Crippen molar-refractivity contribution in [2.45, 2.75) is 0 Å². The summed E-state index contributed by atoms with van der Waals surface area (Å²) in [6.07, 6.45) is 0. The number of hydrogen-bond acceptors (Lipinski definition) is 4. The van der Waals surface area contributed by atoms with Crippen molar-refractivity contribution >= 4 is 0 Å². The fourth-order valence-electron chi connectivity index (χ4n) is 1.79. The van der Waals surface area contributed by atoms with Gasteiger partial charge in [-0.3, -0.25) is 0 Å². The molecule has 2 aromatic carbocycles. The van der Waals surface area contributed by atoms with E-state index in [0.717, 1.165) is 0 Å². The SMILES string of the molecule is Fc1cccc2c1OCOc1cccc(F)c1OCO2. The van der Waals surface area contributed by atoms with E-state index >= 15 is 0 Å². The van der Waals surface area contributed by atoms with Crippen molar-refractivity contribution in [1.29, 1.82) is 0 Å². The van der Waals surface area contributed by atoms with Gasteiger partial charge < -0.3 is 18.9 Å². The lowest BCUT2D eigenvalue weighted by atomic mass is 10.3. The average molecular weight is 280 g/mol. The van der Waals surface area contributed by atoms with E-state index in [-0.39, 0.29) is 36.6 Å². The van der Waals surface area contributed by atoms with Gasteiger partial charge in [0.15, 0.2) is 23.1 Å². The van der Waals surface area contributed by atoms with Crippen molar-refractivity contribution in [3.63, 3.8) is 0 Å². The molecule has 0 radical (unpaired) electrons. The number of fused-ring (bicyclic) bond motifs is 2. The molecule has 0 aliphatic carbocycles. The topological polar surface area (TPSA) is 36.9 Å². The molecule has 20 heavy (non-hydrogen) atoms. The zero-order valence-electron chi connectivity index (χ0n) is 10.3. The smallest absolute Gasteiger partial charge is 0.231 e. The van der Waals surface area contributed by atoms with Crippen LogP contribution in [0.15, 0.2) is 36.4 Å². The molecule has 0 bridgehead atoms. The van der Waals surface area contributed by atoms with Crippen LogP contribution in [0.25, 0.3) is 0 Å². The quantitative estimate of drug-likeness (QED) is 0.743. The molecule has 104 valence electrons. The van der Waals surface area contributed by atoms with Gasteiger partial charge >= 0.3 is 0 Å². The standard InChI is InChI=1S/C14H10F2O4/c15-9-3-1-5-11-13(9)19-8-18-12-6-2-4-10(16)14(12)20-7-17-11/h1-6H,7-8H2. The first-order chi connectivity index (χ1) is 9.75. The van der Waals surface area contributed by atoms with Crippen LogP contribution in [-0.4, -0.2) is 13.6 Å². The van der Waals surface area contributed by atoms with Gasteiger partial charge in [-0.25, -0.2) is 8.78 Å². The maximum atomic E-state index is 13.6. The molecule has 0 spiro atoms. The van der Waals surface area contributed by atoms with E-state index < -0.39 is 11.6 Å². The van der Waals surface area contributed by atoms with E-state index in [2.05, 4.69) is 0 Å². The molecule has 1 aliphatic rings. The minimum absolute atomic E-state index is 0.0732. The summed E-state index contributed by atoms with van der Waals surface area (Å²) in [5.74, 6) is -0.981. The number of para-hydroxylation sites is 2. The van der Waals surface area contributed by atoms with Crippen molar-refractivity contribution in [2.75, 3.05) is 13.6 Å². The second kappa shape index (κ2) is 5.24. The van der Waals surface area contributed by atoms with Crippen molar-refractivity contribution < 1.29 is 27.7 Å². The third-order valence-electron chi connectivity index (χ3n) is 2.70. The molecule has 1 heterocycles. The Morgan fingerprint density at radius 1 is 0.650 bits per heavy atom. The van der Waals surface area contributed by atoms with Crippen LogP contribution in [-0.2, 0) is 0 Å². The molecule has 0 amide bonds. The normalized spacial score (nSPS) is 13.7. The maximum Gasteiger partial charge on any atom is 0.231 e. The van der Waals surface area contributed by atoms with Gasteiger partial charge in [0.1, 0.15) is 0 Å². The third-order valence-corrected chi connectivity index (χ3v) is 2.70. The first-order valence-corrected chi connectivity index (χ1v) is 5.84. The van der Waals surface area contributed by atoms with Gasteiger partial charge in [0.25, 0.3) is 0 Å². The van der Waals surface area contributed by atoms with E-state index in [4.69, 9.17) is 18.9 Å². The first kappa shape index (κ1) is 12.5. The van der Waals surface area contributed by atoms with E-state index in [0.29, 0.717) is 0 Å². The largest absolute Gasteiger partial charge is 0.453 e. The highest BCUT2D eigenvalue weighted by Crippen LogP contribution is 2.34. The summed E-state index contributed by atoms with van der Waals surface area (Å²) in [6.45, 7) is -0.589. The van der Waals surface area contributed by atoms with Crippen LogP contribution in [0, 0.1) is 11.6 Å². The van der Waals surface area contributed by atoms with Crippen LogP contribution in [0.3, 0.4) is 0 Å². The first-order valence-electron chi connectivity index (χ1n) is 5.84. The molecule has 0 atom stereocenters. The minimum atomic E-state index is -0.578. The molecule has 3 rings (SSSR count). The Bertz CT molecular complexity index is 575. The average Bonchev–Trinajstić information content (AvgIpc) is 2.44. The molecular formula is C14H10F2O4. The number of rotatable bonds is 0. The molecule has 6 heteroatoms. The number of benzene rings is 2. The number of halogens is 2. The molecule has 2 aromatic rings. The lowest BCUT2D eigenvalue weighted by molar-refractivity contribution is 0.0666. The summed E-state index contributed by atoms with van der Waals surface area (Å²) < 4.78 is 48.1. The van der Waals surface area contributed by atoms with Gasteiger partial charge in [0, 0.05) is 0 Å². The predicted molar refractivity (Wildman–Crippen MR) is 65.0 cm³/mol. The summed E-state index contributed by atoms with van der Waals surface area (Å²) in [5, 5.41) is 0. The van der Waals surface area contributed by atoms with Crippen molar-refractivity contribution in [1.82, 2.24) is 0 Å². The fourth-order valence-corrected chi connectivity index (χ4v) is 1.79. The summed E-state index contributed by atoms with van der Waals surface area (Å²) in [5.41, 5.74) is 0. The molecule has 0 unspecified atom stereocenters. The molecule has 1 aliphatic heterocycles. The minimum Gasteiger partial charge on any atom is -0.453 e. The second-order valence-electron chi connectivity index (χ2n) is 3.95. The fraction of sp³-hybridized carbons (Fsp3) is 0.143. The number of hydrogen-bond donors (Lipinski definition) is 0. The van der Waals surface area contributed by atoms with Gasteiger partial charge in [-0.15, -0.1) is 0 Å². The zero-order valence-corrected chi connectivity index (χ0v) is 10.3. The summed E-state index contributed by atoms with van der Waals surface area (Å²) in [7, 11) is 0. The third kappa shape index (κ3) is 2.32. The lowest BCUT2D eigenvalue weighted by Gasteiger charge is -2.18. The zero-order chi connectivity index (χ0) is 13.9. The Balaban J connectivity index is 1.91. The van der Waals surface area contributed by atoms with Crippen LogP contribution in [0.1, 0.15) is 0 Å². The van der Waals surface area contributed by atoms with Crippen LogP contribution in [0.5, 0.6) is 23.0 Å². The van der Waals surface area contributed by atoms with E-state index in [1.165, 1.54) is 36.4 Å². The van der Waals surface area contributed by atoms with E-state index in [1.807, 2.05) is 0 Å². The monoisotopic (exact) mass is 280 g/mol. The van der Waals surface area contributed by atoms with Gasteiger partial charge in [0.05, 0.1) is 0 Å². The van der Waals surface area contributed by atoms with Crippen molar-refractivity contribution in [3.05, 3.63) is 48.0 Å². The van der Waals surface area contributed by atoms with Crippen molar-refractivity contribution in [3.8, 4) is 23.0 Å². The Labute approximate surface area is 113 Å². The highest BCUT2D eigenvalue weighted by atomic mass is 19.1. The second-order valence-corrected chi connectivity index (χ2v) is 3.95. The highest BCUT2D eigenvalue weighted by Gasteiger charge is 2.17. The van der Waals surface area contributed by atoms with Gasteiger partial charge in [-0.2, -0.15) is 0 Å². The van der Waals surface area contributed by atoms with E-state index in [1.54, 1.807) is 0 Å². The van der Waals surface area contributed by atoms with Crippen LogP contribution in [0.4, 0.5) is 8.78 Å². The highest BCUT2D eigenvalue weighted by molar-refractivity contribution is 5.43. The summed E-state index contributed by atoms with van der Waals surface area (Å²) in [4.78, 5) is 0. The molecule has 0 aromatic heterocycles. The van der Waals surface area contributed by atoms with Gasteiger partial charge in [-0.1, -0.05) is 12.1 Å². The van der Waals surface area contributed by atoms with Crippen molar-refractivity contribution in [2.24, 2.45) is 0 Å². The molecule has 4 nitrogen and oxygen atoms in total. The molecule has 0 fully saturated rings. The number of ether oxygens (including phenoxy) is 4. The molecular weight excluding hydrogens is 270 g/mol. The Hall–Kier alpha value is -2.50. The Kier molecular flexibility index (Phi) is 3.28. The van der Waals surface area contributed by atoms with Gasteiger partial charge in [0.2, 0.25) is 25.1 Å². The van der Waals surface area contributed by atoms with E-state index in [9.17, 15) is 8.78 Å². The maximum absolute atomic E-state index is 13.6. The van der Waals surface area contributed by atoms with Gasteiger partial charge in [-0.05, 0) is 24.3 Å². The Morgan fingerprint density at radius 3 is 1.55 bits per heavy atom. The summed E-state index contributed by atoms with van der Waals surface area (Å²) >= 11 is 0. The van der Waals surface area contributed by atoms with Crippen LogP contribution < -0.4 is 18.9 Å². The Morgan fingerprint density at radius 2 is 1.10 bits per heavy atom. The molecule has 0 saturated heterocycles.